The number of methoxy groups -OCH3 is 1. The van der Waals surface area contributed by atoms with Crippen LogP contribution in [-0.2, 0) is 14.2 Å². The molecule has 1 saturated heterocycles. The lowest BCUT2D eigenvalue weighted by Crippen LogP contribution is -2.45. The third-order valence-electron chi connectivity index (χ3n) is 3.59. The first kappa shape index (κ1) is 18.2. The second-order valence-corrected chi connectivity index (χ2v) is 5.85. The first-order valence-electron chi connectivity index (χ1n) is 7.76. The van der Waals surface area contributed by atoms with Crippen LogP contribution in [-0.4, -0.2) is 64.7 Å². The fourth-order valence-electron chi connectivity index (χ4n) is 1.96. The third-order valence-corrected chi connectivity index (χ3v) is 3.59. The van der Waals surface area contributed by atoms with Crippen LogP contribution in [0.25, 0.3) is 0 Å². The van der Waals surface area contributed by atoms with E-state index in [9.17, 15) is 0 Å². The van der Waals surface area contributed by atoms with E-state index in [1.54, 1.807) is 14.2 Å². The van der Waals surface area contributed by atoms with E-state index in [1.807, 2.05) is 13.8 Å². The van der Waals surface area contributed by atoms with Gasteiger partial charge in [-0.25, -0.2) is 0 Å². The second-order valence-electron chi connectivity index (χ2n) is 5.85. The highest BCUT2D eigenvalue weighted by molar-refractivity contribution is 5.79. The molecule has 0 unspecified atom stereocenters. The van der Waals surface area contributed by atoms with Crippen molar-refractivity contribution in [2.45, 2.75) is 44.8 Å². The van der Waals surface area contributed by atoms with Crippen LogP contribution in [0.2, 0.25) is 0 Å². The van der Waals surface area contributed by atoms with Crippen molar-refractivity contribution in [3.8, 4) is 0 Å². The van der Waals surface area contributed by atoms with Crippen molar-refractivity contribution in [1.29, 1.82) is 0 Å². The molecule has 0 radical (unpaired) electrons. The molecular formula is C15H31N3O3. The Bertz CT molecular complexity index is 303. The summed E-state index contributed by atoms with van der Waals surface area (Å²) in [5.74, 6) is 0.797. The summed E-state index contributed by atoms with van der Waals surface area (Å²) in [6, 6.07) is 0. The predicted molar refractivity (Wildman–Crippen MR) is 84.9 cm³/mol. The molecule has 1 rings (SSSR count). The van der Waals surface area contributed by atoms with Gasteiger partial charge in [-0.2, -0.15) is 0 Å². The molecule has 0 spiro atoms. The average molecular weight is 301 g/mol. The quantitative estimate of drug-likeness (QED) is 0.400. The molecule has 0 atom stereocenters. The maximum Gasteiger partial charge on any atom is 0.191 e. The van der Waals surface area contributed by atoms with Gasteiger partial charge in [0.25, 0.3) is 0 Å². The van der Waals surface area contributed by atoms with Crippen molar-refractivity contribution in [1.82, 2.24) is 10.6 Å². The van der Waals surface area contributed by atoms with Crippen LogP contribution >= 0.6 is 0 Å². The average Bonchev–Trinajstić information content (AvgIpc) is 2.51. The van der Waals surface area contributed by atoms with Crippen molar-refractivity contribution in [2.24, 2.45) is 4.99 Å². The van der Waals surface area contributed by atoms with E-state index in [0.29, 0.717) is 12.6 Å². The molecule has 0 bridgehead atoms. The van der Waals surface area contributed by atoms with Crippen molar-refractivity contribution in [3.63, 3.8) is 0 Å². The van der Waals surface area contributed by atoms with Crippen molar-refractivity contribution < 1.29 is 14.2 Å². The fourth-order valence-corrected chi connectivity index (χ4v) is 1.96. The van der Waals surface area contributed by atoms with Gasteiger partial charge in [0.1, 0.15) is 0 Å². The first-order valence-corrected chi connectivity index (χ1v) is 7.76. The lowest BCUT2D eigenvalue weighted by molar-refractivity contribution is -0.0320. The molecule has 124 valence electrons. The van der Waals surface area contributed by atoms with Crippen LogP contribution in [0.4, 0.5) is 0 Å². The largest absolute Gasteiger partial charge is 0.381 e. The monoisotopic (exact) mass is 301 g/mol. The van der Waals surface area contributed by atoms with E-state index < -0.39 is 0 Å². The van der Waals surface area contributed by atoms with Gasteiger partial charge in [-0.3, -0.25) is 4.99 Å². The van der Waals surface area contributed by atoms with Gasteiger partial charge in [0.2, 0.25) is 0 Å². The minimum atomic E-state index is -0.205. The van der Waals surface area contributed by atoms with Gasteiger partial charge in [0.05, 0.1) is 11.7 Å². The zero-order valence-electron chi connectivity index (χ0n) is 13.9. The van der Waals surface area contributed by atoms with Crippen LogP contribution in [0, 0.1) is 0 Å². The summed E-state index contributed by atoms with van der Waals surface area (Å²) in [4.78, 5) is 4.19. The van der Waals surface area contributed by atoms with Crippen molar-refractivity contribution >= 4 is 5.96 Å². The van der Waals surface area contributed by atoms with Crippen LogP contribution < -0.4 is 10.6 Å². The topological polar surface area (TPSA) is 64.1 Å². The number of aliphatic imine (C=N–C) groups is 1. The molecule has 2 N–H and O–H groups in total. The summed E-state index contributed by atoms with van der Waals surface area (Å²) in [7, 11) is 3.49. The van der Waals surface area contributed by atoms with E-state index in [-0.39, 0.29) is 5.60 Å². The summed E-state index contributed by atoms with van der Waals surface area (Å²) < 4.78 is 16.5. The summed E-state index contributed by atoms with van der Waals surface area (Å²) in [6.07, 6.45) is 3.37. The molecule has 0 aliphatic carbocycles. The number of nitrogens with one attached hydrogen (secondary N) is 2. The number of ether oxygens (including phenoxy) is 3. The fraction of sp³-hybridized carbons (Fsp3) is 0.933. The lowest BCUT2D eigenvalue weighted by atomic mass is 10.1. The Balaban J connectivity index is 2.06. The Labute approximate surface area is 128 Å². The summed E-state index contributed by atoms with van der Waals surface area (Å²) in [5, 5.41) is 6.54. The van der Waals surface area contributed by atoms with E-state index in [4.69, 9.17) is 14.2 Å². The molecule has 1 aliphatic heterocycles. The molecule has 0 amide bonds. The number of guanidine groups is 1. The third kappa shape index (κ3) is 8.24. The maximum atomic E-state index is 5.83. The number of hydrogen-bond donors (Lipinski definition) is 2. The van der Waals surface area contributed by atoms with Gasteiger partial charge in [0, 0.05) is 47.1 Å². The highest BCUT2D eigenvalue weighted by Gasteiger charge is 2.16. The van der Waals surface area contributed by atoms with Gasteiger partial charge in [0.15, 0.2) is 5.96 Å². The molecule has 0 aromatic rings. The van der Waals surface area contributed by atoms with Crippen LogP contribution in [0.15, 0.2) is 4.99 Å². The van der Waals surface area contributed by atoms with Crippen molar-refractivity contribution in [2.75, 3.05) is 47.1 Å². The second kappa shape index (κ2) is 9.97. The van der Waals surface area contributed by atoms with E-state index in [2.05, 4.69) is 15.6 Å². The molecule has 0 aromatic carbocycles. The standard InChI is InChI=1S/C15H31N3O3/c1-15(2,19-4)12-18-14(16-3)17-8-5-9-21-13-6-10-20-11-7-13/h13H,5-12H2,1-4H3,(H2,16,17,18). The number of nitrogens with zero attached hydrogens (tertiary/aromatic N) is 1. The van der Waals surface area contributed by atoms with Crippen LogP contribution in [0.1, 0.15) is 33.1 Å². The van der Waals surface area contributed by atoms with Crippen LogP contribution in [0.5, 0.6) is 0 Å². The van der Waals surface area contributed by atoms with Gasteiger partial charge in [-0.05, 0) is 33.1 Å². The smallest absolute Gasteiger partial charge is 0.191 e. The van der Waals surface area contributed by atoms with E-state index in [0.717, 1.165) is 51.6 Å². The minimum Gasteiger partial charge on any atom is -0.381 e. The highest BCUT2D eigenvalue weighted by atomic mass is 16.5. The molecule has 0 aromatic heterocycles. The Morgan fingerprint density at radius 2 is 2.00 bits per heavy atom. The molecule has 1 fully saturated rings. The van der Waals surface area contributed by atoms with Crippen molar-refractivity contribution in [3.05, 3.63) is 0 Å². The van der Waals surface area contributed by atoms with Gasteiger partial charge < -0.3 is 24.8 Å². The SMILES string of the molecule is CN=C(NCCCOC1CCOCC1)NCC(C)(C)OC. The summed E-state index contributed by atoms with van der Waals surface area (Å²) >= 11 is 0. The Morgan fingerprint density at radius 3 is 2.62 bits per heavy atom. The van der Waals surface area contributed by atoms with E-state index in [1.165, 1.54) is 0 Å². The van der Waals surface area contributed by atoms with Gasteiger partial charge >= 0.3 is 0 Å². The van der Waals surface area contributed by atoms with E-state index >= 15 is 0 Å². The summed E-state index contributed by atoms with van der Waals surface area (Å²) in [5.41, 5.74) is -0.205. The maximum absolute atomic E-state index is 5.83. The minimum absolute atomic E-state index is 0.205. The predicted octanol–water partition coefficient (Wildman–Crippen LogP) is 1.16. The van der Waals surface area contributed by atoms with Gasteiger partial charge in [-0.1, -0.05) is 0 Å². The Hall–Kier alpha value is -0.850. The molecule has 6 nitrogen and oxygen atoms in total. The van der Waals surface area contributed by atoms with Gasteiger partial charge in [-0.15, -0.1) is 0 Å². The molecule has 6 heteroatoms. The van der Waals surface area contributed by atoms with Crippen LogP contribution in [0.3, 0.4) is 0 Å². The number of rotatable bonds is 8. The molecular weight excluding hydrogens is 270 g/mol. The number of hydrogen-bond acceptors (Lipinski definition) is 4. The summed E-state index contributed by atoms with van der Waals surface area (Å²) in [6.45, 7) is 8.06. The molecule has 21 heavy (non-hydrogen) atoms. The first-order chi connectivity index (χ1) is 10.1. The lowest BCUT2D eigenvalue weighted by Gasteiger charge is -2.24. The zero-order chi connectivity index (χ0) is 15.6. The normalized spacial score (nSPS) is 17.8. The molecule has 1 aliphatic rings. The Kier molecular flexibility index (Phi) is 8.64. The highest BCUT2D eigenvalue weighted by Crippen LogP contribution is 2.10. The Morgan fingerprint density at radius 1 is 1.29 bits per heavy atom. The zero-order valence-corrected chi connectivity index (χ0v) is 13.9. The molecule has 0 saturated carbocycles. The molecule has 1 heterocycles.